The van der Waals surface area contributed by atoms with E-state index >= 15 is 0 Å². The number of esters is 2. The van der Waals surface area contributed by atoms with Gasteiger partial charge in [-0.25, -0.2) is 0 Å². The fourth-order valence-electron chi connectivity index (χ4n) is 2.42. The monoisotopic (exact) mass is 336 g/mol. The molecule has 0 bridgehead atoms. The minimum Gasteiger partial charge on any atom is -0.461 e. The number of Topliss-reactive ketones (excluding diaryl/α,β-unsaturated/α-hetero) is 1. The van der Waals surface area contributed by atoms with Gasteiger partial charge in [-0.3, -0.25) is 14.4 Å². The molecule has 0 aromatic rings. The average Bonchev–Trinajstić information content (AvgIpc) is 2.43. The second kappa shape index (κ2) is 8.81. The molecule has 1 atom stereocenters. The molecule has 0 aromatic carbocycles. The highest BCUT2D eigenvalue weighted by molar-refractivity contribution is 5.94. The van der Waals surface area contributed by atoms with Crippen LogP contribution in [0.2, 0.25) is 0 Å². The summed E-state index contributed by atoms with van der Waals surface area (Å²) in [6.07, 6.45) is 5.87. The number of carbonyl (C=O) groups is 3. The minimum atomic E-state index is -1.10. The molecule has 5 nitrogen and oxygen atoms in total. The fourth-order valence-corrected chi connectivity index (χ4v) is 2.42. The molecule has 1 aliphatic carbocycles. The molecule has 0 aromatic heterocycles. The van der Waals surface area contributed by atoms with E-state index in [0.717, 1.165) is 0 Å². The molecule has 0 heterocycles. The predicted molar refractivity (Wildman–Crippen MR) is 91.2 cm³/mol. The van der Waals surface area contributed by atoms with E-state index in [1.54, 1.807) is 18.2 Å². The van der Waals surface area contributed by atoms with Crippen LogP contribution in [-0.4, -0.2) is 29.9 Å². The quantitative estimate of drug-likeness (QED) is 0.636. The number of rotatable bonds is 8. The van der Waals surface area contributed by atoms with Crippen molar-refractivity contribution in [3.8, 4) is 0 Å². The summed E-state index contributed by atoms with van der Waals surface area (Å²) in [4.78, 5) is 35.7. The summed E-state index contributed by atoms with van der Waals surface area (Å²) in [6, 6.07) is 0. The Morgan fingerprint density at radius 3 is 2.21 bits per heavy atom. The van der Waals surface area contributed by atoms with Crippen LogP contribution in [0.4, 0.5) is 0 Å². The molecule has 0 saturated carbocycles. The van der Waals surface area contributed by atoms with Gasteiger partial charge in [0.25, 0.3) is 0 Å². The molecule has 1 unspecified atom stereocenters. The molecule has 0 saturated heterocycles. The van der Waals surface area contributed by atoms with Crippen LogP contribution in [0.25, 0.3) is 0 Å². The number of ketones is 1. The van der Waals surface area contributed by atoms with E-state index in [1.165, 1.54) is 6.92 Å². The Kier molecular flexibility index (Phi) is 7.39. The third kappa shape index (κ3) is 6.69. The standard InChI is InChI=1S/C19H28O5/c1-13(2)9-17(21)23-12-19(24-18(22)10-14(3)4)8-6-7-16(11-19)15(5)20/h6-8,13-14H,9-12H2,1-5H3. The highest BCUT2D eigenvalue weighted by Gasteiger charge is 2.37. The Labute approximate surface area is 144 Å². The van der Waals surface area contributed by atoms with Crippen LogP contribution >= 0.6 is 0 Å². The zero-order chi connectivity index (χ0) is 18.3. The zero-order valence-electron chi connectivity index (χ0n) is 15.3. The first-order chi connectivity index (χ1) is 11.1. The van der Waals surface area contributed by atoms with Crippen LogP contribution < -0.4 is 0 Å². The van der Waals surface area contributed by atoms with E-state index in [1.807, 2.05) is 27.7 Å². The van der Waals surface area contributed by atoms with Crippen molar-refractivity contribution in [1.82, 2.24) is 0 Å². The summed E-state index contributed by atoms with van der Waals surface area (Å²) in [5.41, 5.74) is -0.552. The predicted octanol–water partition coefficient (Wildman–Crippen LogP) is 3.38. The molecule has 24 heavy (non-hydrogen) atoms. The van der Waals surface area contributed by atoms with Gasteiger partial charge in [0.2, 0.25) is 0 Å². The van der Waals surface area contributed by atoms with Gasteiger partial charge in [0, 0.05) is 19.3 Å². The van der Waals surface area contributed by atoms with Gasteiger partial charge in [-0.15, -0.1) is 0 Å². The van der Waals surface area contributed by atoms with Crippen molar-refractivity contribution in [3.63, 3.8) is 0 Å². The van der Waals surface area contributed by atoms with Crippen molar-refractivity contribution < 1.29 is 23.9 Å². The lowest BCUT2D eigenvalue weighted by Crippen LogP contribution is -2.41. The lowest BCUT2D eigenvalue weighted by Gasteiger charge is -2.32. The summed E-state index contributed by atoms with van der Waals surface area (Å²) in [5, 5.41) is 0. The Morgan fingerprint density at radius 1 is 1.08 bits per heavy atom. The molecule has 0 fully saturated rings. The van der Waals surface area contributed by atoms with Gasteiger partial charge in [-0.05, 0) is 30.4 Å². The Hall–Kier alpha value is -1.91. The molecule has 134 valence electrons. The van der Waals surface area contributed by atoms with E-state index < -0.39 is 5.60 Å². The second-order valence-electron chi connectivity index (χ2n) is 7.18. The van der Waals surface area contributed by atoms with Gasteiger partial charge in [0.1, 0.15) is 6.61 Å². The van der Waals surface area contributed by atoms with Gasteiger partial charge in [-0.2, -0.15) is 0 Å². The summed E-state index contributed by atoms with van der Waals surface area (Å²) in [6.45, 7) is 9.09. The van der Waals surface area contributed by atoms with Crippen LogP contribution in [0.3, 0.4) is 0 Å². The first-order valence-electron chi connectivity index (χ1n) is 8.40. The number of hydrogen-bond acceptors (Lipinski definition) is 5. The number of carbonyl (C=O) groups excluding carboxylic acids is 3. The number of allylic oxidation sites excluding steroid dienone is 2. The molecular weight excluding hydrogens is 308 g/mol. The maximum atomic E-state index is 12.1. The molecule has 1 rings (SSSR count). The Morgan fingerprint density at radius 2 is 1.67 bits per heavy atom. The van der Waals surface area contributed by atoms with Crippen LogP contribution in [0.1, 0.15) is 53.9 Å². The zero-order valence-corrected chi connectivity index (χ0v) is 15.3. The van der Waals surface area contributed by atoms with E-state index in [4.69, 9.17) is 9.47 Å². The third-order valence-electron chi connectivity index (χ3n) is 3.58. The molecule has 0 radical (unpaired) electrons. The third-order valence-corrected chi connectivity index (χ3v) is 3.58. The van der Waals surface area contributed by atoms with Crippen LogP contribution in [0, 0.1) is 11.8 Å². The van der Waals surface area contributed by atoms with Gasteiger partial charge in [-0.1, -0.05) is 39.8 Å². The first kappa shape index (κ1) is 20.1. The first-order valence-corrected chi connectivity index (χ1v) is 8.40. The fraction of sp³-hybridized carbons (Fsp3) is 0.632. The van der Waals surface area contributed by atoms with Crippen molar-refractivity contribution in [1.29, 1.82) is 0 Å². The smallest absolute Gasteiger partial charge is 0.307 e. The van der Waals surface area contributed by atoms with Crippen molar-refractivity contribution in [2.24, 2.45) is 11.8 Å². The Balaban J connectivity index is 2.86. The maximum Gasteiger partial charge on any atom is 0.307 e. The van der Waals surface area contributed by atoms with Gasteiger partial charge < -0.3 is 9.47 Å². The van der Waals surface area contributed by atoms with Crippen LogP contribution in [0.15, 0.2) is 23.8 Å². The second-order valence-corrected chi connectivity index (χ2v) is 7.18. The largest absolute Gasteiger partial charge is 0.461 e. The minimum absolute atomic E-state index is 0.0799. The van der Waals surface area contributed by atoms with E-state index in [0.29, 0.717) is 12.0 Å². The van der Waals surface area contributed by atoms with Crippen molar-refractivity contribution in [3.05, 3.63) is 23.8 Å². The summed E-state index contributed by atoms with van der Waals surface area (Å²) < 4.78 is 11.0. The number of ether oxygens (including phenoxy) is 2. The topological polar surface area (TPSA) is 69.7 Å². The van der Waals surface area contributed by atoms with Crippen LogP contribution in [0.5, 0.6) is 0 Å². The Bertz CT molecular complexity index is 542. The van der Waals surface area contributed by atoms with Gasteiger partial charge in [0.05, 0.1) is 0 Å². The van der Waals surface area contributed by atoms with Crippen LogP contribution in [-0.2, 0) is 23.9 Å². The molecule has 0 spiro atoms. The molecule has 0 aliphatic heterocycles. The average molecular weight is 336 g/mol. The molecule has 5 heteroatoms. The van der Waals surface area contributed by atoms with Gasteiger partial charge >= 0.3 is 11.9 Å². The van der Waals surface area contributed by atoms with Gasteiger partial charge in [0.15, 0.2) is 11.4 Å². The molecular formula is C19H28O5. The highest BCUT2D eigenvalue weighted by Crippen LogP contribution is 2.29. The summed E-state index contributed by atoms with van der Waals surface area (Å²) >= 11 is 0. The van der Waals surface area contributed by atoms with Crippen molar-refractivity contribution in [2.75, 3.05) is 6.61 Å². The maximum absolute atomic E-state index is 12.1. The lowest BCUT2D eigenvalue weighted by atomic mass is 9.88. The van der Waals surface area contributed by atoms with E-state index in [-0.39, 0.29) is 49.0 Å². The van der Waals surface area contributed by atoms with E-state index in [2.05, 4.69) is 0 Å². The highest BCUT2D eigenvalue weighted by atomic mass is 16.6. The SMILES string of the molecule is CC(=O)C1=CC=CC(COC(=O)CC(C)C)(OC(=O)CC(C)C)C1. The molecule has 1 aliphatic rings. The van der Waals surface area contributed by atoms with E-state index in [9.17, 15) is 14.4 Å². The molecule has 0 amide bonds. The number of hydrogen-bond donors (Lipinski definition) is 0. The normalized spacial score (nSPS) is 20.0. The summed E-state index contributed by atoms with van der Waals surface area (Å²) in [7, 11) is 0. The lowest BCUT2D eigenvalue weighted by molar-refractivity contribution is -0.168. The molecule has 0 N–H and O–H groups in total. The summed E-state index contributed by atoms with van der Waals surface area (Å²) in [5.74, 6) is -0.437. The van der Waals surface area contributed by atoms with Crippen molar-refractivity contribution in [2.45, 2.75) is 59.5 Å². The van der Waals surface area contributed by atoms with Crippen molar-refractivity contribution >= 4 is 17.7 Å².